The highest BCUT2D eigenvalue weighted by atomic mass is 35.5. The van der Waals surface area contributed by atoms with Crippen molar-refractivity contribution >= 4 is 28.1 Å². The van der Waals surface area contributed by atoms with Crippen molar-refractivity contribution in [2.45, 2.75) is 18.7 Å². The molecular formula is C10H14ClNOS. The van der Waals surface area contributed by atoms with E-state index in [0.717, 1.165) is 0 Å². The summed E-state index contributed by atoms with van der Waals surface area (Å²) in [4.78, 5) is 0.683. The standard InChI is InChI=1S/C10H14ClNOS/c1-7(2)6-14(13)10-4-3-8(11)5-9(10)12/h3-5,7H,6,12H2,1-2H3. The van der Waals surface area contributed by atoms with Crippen molar-refractivity contribution in [1.29, 1.82) is 0 Å². The first-order valence-electron chi connectivity index (χ1n) is 4.44. The maximum absolute atomic E-state index is 11.8. The average Bonchev–Trinajstić information content (AvgIpc) is 2.01. The van der Waals surface area contributed by atoms with Crippen LogP contribution in [0.2, 0.25) is 5.02 Å². The highest BCUT2D eigenvalue weighted by Crippen LogP contribution is 2.22. The zero-order valence-corrected chi connectivity index (χ0v) is 9.86. The number of hydrogen-bond donors (Lipinski definition) is 1. The number of rotatable bonds is 3. The monoisotopic (exact) mass is 231 g/mol. The average molecular weight is 232 g/mol. The molecule has 0 heterocycles. The van der Waals surface area contributed by atoms with Crippen LogP contribution in [-0.4, -0.2) is 9.96 Å². The van der Waals surface area contributed by atoms with Gasteiger partial charge in [-0.05, 0) is 24.1 Å². The Hall–Kier alpha value is -0.540. The van der Waals surface area contributed by atoms with Gasteiger partial charge in [-0.2, -0.15) is 0 Å². The first kappa shape index (κ1) is 11.5. The SMILES string of the molecule is CC(C)CS(=O)c1ccc(Cl)cc1N. The molecule has 1 rings (SSSR count). The largest absolute Gasteiger partial charge is 0.398 e. The first-order chi connectivity index (χ1) is 6.50. The Morgan fingerprint density at radius 3 is 2.64 bits per heavy atom. The van der Waals surface area contributed by atoms with E-state index in [4.69, 9.17) is 17.3 Å². The van der Waals surface area contributed by atoms with Crippen LogP contribution in [0.15, 0.2) is 23.1 Å². The molecular weight excluding hydrogens is 218 g/mol. The van der Waals surface area contributed by atoms with Gasteiger partial charge in [0.2, 0.25) is 0 Å². The summed E-state index contributed by atoms with van der Waals surface area (Å²) in [6.45, 7) is 4.06. The normalized spacial score (nSPS) is 13.1. The van der Waals surface area contributed by atoms with Gasteiger partial charge in [0.15, 0.2) is 0 Å². The maximum atomic E-state index is 11.8. The minimum atomic E-state index is -1.02. The van der Waals surface area contributed by atoms with Crippen molar-refractivity contribution in [3.05, 3.63) is 23.2 Å². The summed E-state index contributed by atoms with van der Waals surface area (Å²) in [5, 5.41) is 0.577. The van der Waals surface area contributed by atoms with E-state index >= 15 is 0 Å². The Morgan fingerprint density at radius 2 is 2.14 bits per heavy atom. The molecule has 1 aromatic carbocycles. The summed E-state index contributed by atoms with van der Waals surface area (Å²) in [5.41, 5.74) is 6.23. The van der Waals surface area contributed by atoms with Crippen molar-refractivity contribution in [2.75, 3.05) is 11.5 Å². The Labute approximate surface area is 91.9 Å². The maximum Gasteiger partial charge on any atom is 0.0618 e. The predicted octanol–water partition coefficient (Wildman–Crippen LogP) is 2.69. The number of benzene rings is 1. The molecule has 78 valence electrons. The Balaban J connectivity index is 2.90. The van der Waals surface area contributed by atoms with Gasteiger partial charge in [-0.3, -0.25) is 4.21 Å². The molecule has 0 spiro atoms. The molecule has 0 fully saturated rings. The molecule has 2 nitrogen and oxygen atoms in total. The number of anilines is 1. The van der Waals surface area contributed by atoms with Crippen molar-refractivity contribution in [2.24, 2.45) is 5.92 Å². The molecule has 1 unspecified atom stereocenters. The van der Waals surface area contributed by atoms with Crippen molar-refractivity contribution in [3.8, 4) is 0 Å². The summed E-state index contributed by atoms with van der Waals surface area (Å²) in [6, 6.07) is 5.08. The van der Waals surface area contributed by atoms with Gasteiger partial charge in [0.1, 0.15) is 0 Å². The molecule has 0 aliphatic heterocycles. The second kappa shape index (κ2) is 4.80. The van der Waals surface area contributed by atoms with E-state index < -0.39 is 10.8 Å². The van der Waals surface area contributed by atoms with E-state index in [1.54, 1.807) is 18.2 Å². The van der Waals surface area contributed by atoms with E-state index in [0.29, 0.717) is 27.3 Å². The second-order valence-corrected chi connectivity index (χ2v) is 5.49. The molecule has 0 aromatic heterocycles. The summed E-state index contributed by atoms with van der Waals surface area (Å²) >= 11 is 5.75. The van der Waals surface area contributed by atoms with Crippen LogP contribution in [0.3, 0.4) is 0 Å². The molecule has 0 amide bonds. The van der Waals surface area contributed by atoms with Crippen LogP contribution >= 0.6 is 11.6 Å². The van der Waals surface area contributed by atoms with Crippen LogP contribution in [0, 0.1) is 5.92 Å². The lowest BCUT2D eigenvalue weighted by Gasteiger charge is -2.07. The van der Waals surface area contributed by atoms with Gasteiger partial charge in [-0.1, -0.05) is 25.4 Å². The van der Waals surface area contributed by atoms with Gasteiger partial charge >= 0.3 is 0 Å². The van der Waals surface area contributed by atoms with Crippen LogP contribution < -0.4 is 5.73 Å². The Kier molecular flexibility index (Phi) is 3.96. The molecule has 0 saturated heterocycles. The van der Waals surface area contributed by atoms with E-state index in [9.17, 15) is 4.21 Å². The highest BCUT2D eigenvalue weighted by Gasteiger charge is 2.09. The summed E-state index contributed by atoms with van der Waals surface area (Å²) in [5.74, 6) is 1.03. The third-order valence-corrected chi connectivity index (χ3v) is 3.77. The zero-order chi connectivity index (χ0) is 10.7. The molecule has 4 heteroatoms. The van der Waals surface area contributed by atoms with E-state index in [1.807, 2.05) is 13.8 Å². The Bertz CT molecular complexity index is 352. The molecule has 0 radical (unpaired) electrons. The van der Waals surface area contributed by atoms with Crippen LogP contribution in [0.25, 0.3) is 0 Å². The van der Waals surface area contributed by atoms with E-state index in [2.05, 4.69) is 0 Å². The fourth-order valence-electron chi connectivity index (χ4n) is 1.12. The molecule has 0 aliphatic rings. The summed E-state index contributed by atoms with van der Waals surface area (Å²) < 4.78 is 11.8. The molecule has 0 saturated carbocycles. The molecule has 1 atom stereocenters. The quantitative estimate of drug-likeness (QED) is 0.813. The van der Waals surface area contributed by atoms with Gasteiger partial charge < -0.3 is 5.73 Å². The lowest BCUT2D eigenvalue weighted by atomic mass is 10.3. The molecule has 0 aliphatic carbocycles. The fraction of sp³-hybridized carbons (Fsp3) is 0.400. The van der Waals surface area contributed by atoms with Crippen LogP contribution in [0.5, 0.6) is 0 Å². The number of halogens is 1. The molecule has 14 heavy (non-hydrogen) atoms. The summed E-state index contributed by atoms with van der Waals surface area (Å²) in [6.07, 6.45) is 0. The third kappa shape index (κ3) is 3.00. The van der Waals surface area contributed by atoms with E-state index in [-0.39, 0.29) is 0 Å². The van der Waals surface area contributed by atoms with Gasteiger partial charge in [0.05, 0.1) is 15.7 Å². The zero-order valence-electron chi connectivity index (χ0n) is 8.29. The number of nitrogen functional groups attached to an aromatic ring is 1. The number of nitrogens with two attached hydrogens (primary N) is 1. The van der Waals surface area contributed by atoms with Gasteiger partial charge in [-0.15, -0.1) is 0 Å². The van der Waals surface area contributed by atoms with Crippen LogP contribution in [0.4, 0.5) is 5.69 Å². The van der Waals surface area contributed by atoms with Gasteiger partial charge in [-0.25, -0.2) is 0 Å². The highest BCUT2D eigenvalue weighted by molar-refractivity contribution is 7.85. The van der Waals surface area contributed by atoms with Gasteiger partial charge in [0, 0.05) is 16.5 Å². The fourth-order valence-corrected chi connectivity index (χ4v) is 2.63. The number of hydrogen-bond acceptors (Lipinski definition) is 2. The predicted molar refractivity (Wildman–Crippen MR) is 62.0 cm³/mol. The molecule has 0 bridgehead atoms. The van der Waals surface area contributed by atoms with Crippen molar-refractivity contribution in [3.63, 3.8) is 0 Å². The lowest BCUT2D eigenvalue weighted by molar-refractivity contribution is 0.665. The third-order valence-electron chi connectivity index (χ3n) is 1.70. The van der Waals surface area contributed by atoms with E-state index in [1.165, 1.54) is 0 Å². The topological polar surface area (TPSA) is 43.1 Å². The van der Waals surface area contributed by atoms with Gasteiger partial charge in [0.25, 0.3) is 0 Å². The minimum Gasteiger partial charge on any atom is -0.398 e. The lowest BCUT2D eigenvalue weighted by Crippen LogP contribution is -2.06. The van der Waals surface area contributed by atoms with Crippen LogP contribution in [0.1, 0.15) is 13.8 Å². The van der Waals surface area contributed by atoms with Crippen molar-refractivity contribution < 1.29 is 4.21 Å². The second-order valence-electron chi connectivity index (χ2n) is 3.59. The Morgan fingerprint density at radius 1 is 1.50 bits per heavy atom. The molecule has 1 aromatic rings. The molecule has 2 N–H and O–H groups in total. The first-order valence-corrected chi connectivity index (χ1v) is 6.14. The minimum absolute atomic E-state index is 0.394. The smallest absolute Gasteiger partial charge is 0.0618 e. The van der Waals surface area contributed by atoms with Crippen LogP contribution in [-0.2, 0) is 10.8 Å². The van der Waals surface area contributed by atoms with Crippen molar-refractivity contribution in [1.82, 2.24) is 0 Å². The summed E-state index contributed by atoms with van der Waals surface area (Å²) in [7, 11) is -1.02.